The van der Waals surface area contributed by atoms with Crippen LogP contribution in [-0.4, -0.2) is 65.2 Å². The third-order valence-corrected chi connectivity index (χ3v) is 5.70. The van der Waals surface area contributed by atoms with Gasteiger partial charge in [-0.2, -0.15) is 0 Å². The zero-order valence-electron chi connectivity index (χ0n) is 16.1. The average Bonchev–Trinajstić information content (AvgIpc) is 2.82. The quantitative estimate of drug-likeness (QED) is 0.897. The van der Waals surface area contributed by atoms with Crippen LogP contribution in [-0.2, 0) is 4.79 Å². The predicted molar refractivity (Wildman–Crippen MR) is 102 cm³/mol. The number of carbonyl (C=O) groups excluding carboxylic acids is 1. The molecule has 26 heavy (non-hydrogen) atoms. The van der Waals surface area contributed by atoms with Gasteiger partial charge in [-0.1, -0.05) is 37.0 Å². The van der Waals surface area contributed by atoms with Crippen LogP contribution >= 0.6 is 0 Å². The van der Waals surface area contributed by atoms with Crippen LogP contribution in [0.2, 0.25) is 0 Å². The van der Waals surface area contributed by atoms with Crippen molar-refractivity contribution in [3.8, 4) is 5.75 Å². The third kappa shape index (κ3) is 4.98. The molecule has 2 fully saturated rings. The maximum atomic E-state index is 12.0. The molecule has 1 aliphatic heterocycles. The van der Waals surface area contributed by atoms with E-state index in [1.165, 1.54) is 37.7 Å². The molecule has 1 N–H and O–H groups in total. The Morgan fingerprint density at radius 2 is 1.85 bits per heavy atom. The van der Waals surface area contributed by atoms with Gasteiger partial charge >= 0.3 is 0 Å². The summed E-state index contributed by atoms with van der Waals surface area (Å²) in [6, 6.07) is 8.38. The molecule has 1 unspecified atom stereocenters. The lowest BCUT2D eigenvalue weighted by Gasteiger charge is -2.37. The summed E-state index contributed by atoms with van der Waals surface area (Å²) in [7, 11) is 0. The topological polar surface area (TPSA) is 53.0 Å². The second-order valence-corrected chi connectivity index (χ2v) is 8.03. The molecule has 3 rings (SSSR count). The Kier molecular flexibility index (Phi) is 6.20. The van der Waals surface area contributed by atoms with Gasteiger partial charge in [0.2, 0.25) is 5.91 Å². The summed E-state index contributed by atoms with van der Waals surface area (Å²) < 4.78 is 5.91. The lowest BCUT2D eigenvalue weighted by atomic mass is 9.93. The fourth-order valence-electron chi connectivity index (χ4n) is 4.16. The minimum absolute atomic E-state index is 0.0178. The van der Waals surface area contributed by atoms with Gasteiger partial charge in [0.15, 0.2) is 0 Å². The summed E-state index contributed by atoms with van der Waals surface area (Å²) in [4.78, 5) is 16.1. The number of hydrogen-bond donors (Lipinski definition) is 1. The average molecular weight is 360 g/mol. The highest BCUT2D eigenvalue weighted by molar-refractivity contribution is 5.73. The number of carbonyl (C=O) groups is 1. The Bertz CT molecular complexity index is 598. The van der Waals surface area contributed by atoms with E-state index in [0.29, 0.717) is 25.7 Å². The van der Waals surface area contributed by atoms with Crippen molar-refractivity contribution in [2.24, 2.45) is 0 Å². The SMILES string of the molecule is CC(=O)N1CCN(C2CCCCC2)CC(O)(COc2ccc(C)cc2)C1. The molecular formula is C21H32N2O3. The van der Waals surface area contributed by atoms with Crippen LogP contribution in [0.15, 0.2) is 24.3 Å². The standard InChI is InChI=1S/C21H32N2O3/c1-17-8-10-20(11-9-17)26-16-21(25)14-22(18(2)24)12-13-23(15-21)19-6-4-3-5-7-19/h8-11,19,25H,3-7,12-16H2,1-2H3. The summed E-state index contributed by atoms with van der Waals surface area (Å²) in [6.07, 6.45) is 6.21. The summed E-state index contributed by atoms with van der Waals surface area (Å²) >= 11 is 0. The molecule has 1 saturated heterocycles. The fraction of sp³-hybridized carbons (Fsp3) is 0.667. The molecule has 1 saturated carbocycles. The van der Waals surface area contributed by atoms with E-state index in [9.17, 15) is 9.90 Å². The van der Waals surface area contributed by atoms with E-state index in [-0.39, 0.29) is 12.5 Å². The third-order valence-electron chi connectivity index (χ3n) is 5.70. The van der Waals surface area contributed by atoms with Gasteiger partial charge in [0, 0.05) is 32.6 Å². The highest BCUT2D eigenvalue weighted by Crippen LogP contribution is 2.26. The number of amides is 1. The van der Waals surface area contributed by atoms with Gasteiger partial charge in [-0.05, 0) is 31.9 Å². The van der Waals surface area contributed by atoms with E-state index in [2.05, 4.69) is 4.90 Å². The van der Waals surface area contributed by atoms with E-state index in [4.69, 9.17) is 4.74 Å². The van der Waals surface area contributed by atoms with Gasteiger partial charge in [-0.3, -0.25) is 9.69 Å². The molecule has 5 nitrogen and oxygen atoms in total. The van der Waals surface area contributed by atoms with Gasteiger partial charge in [0.05, 0.1) is 6.54 Å². The van der Waals surface area contributed by atoms with Crippen LogP contribution in [0.3, 0.4) is 0 Å². The van der Waals surface area contributed by atoms with Gasteiger partial charge in [-0.25, -0.2) is 0 Å². The molecule has 1 aliphatic carbocycles. The van der Waals surface area contributed by atoms with Crippen LogP contribution in [0.1, 0.15) is 44.6 Å². The zero-order chi connectivity index (χ0) is 18.6. The van der Waals surface area contributed by atoms with Gasteiger partial charge < -0.3 is 14.7 Å². The van der Waals surface area contributed by atoms with Crippen molar-refractivity contribution >= 4 is 5.91 Å². The van der Waals surface area contributed by atoms with Crippen molar-refractivity contribution in [3.63, 3.8) is 0 Å². The first kappa shape index (κ1) is 19.2. The molecule has 5 heteroatoms. The lowest BCUT2D eigenvalue weighted by molar-refractivity contribution is -0.132. The summed E-state index contributed by atoms with van der Waals surface area (Å²) in [6.45, 7) is 6.22. The second-order valence-electron chi connectivity index (χ2n) is 8.03. The Labute approximate surface area is 156 Å². The molecule has 0 aromatic heterocycles. The number of hydrogen-bond acceptors (Lipinski definition) is 4. The van der Waals surface area contributed by atoms with Crippen molar-refractivity contribution in [2.45, 2.75) is 57.6 Å². The first-order valence-electron chi connectivity index (χ1n) is 9.87. The van der Waals surface area contributed by atoms with Crippen molar-refractivity contribution < 1.29 is 14.6 Å². The minimum atomic E-state index is -1.05. The Morgan fingerprint density at radius 1 is 1.15 bits per heavy atom. The van der Waals surface area contributed by atoms with Crippen molar-refractivity contribution in [1.82, 2.24) is 9.80 Å². The van der Waals surface area contributed by atoms with Crippen LogP contribution < -0.4 is 4.74 Å². The maximum Gasteiger partial charge on any atom is 0.219 e. The molecule has 1 heterocycles. The molecule has 2 aliphatic rings. The van der Waals surface area contributed by atoms with Crippen molar-refractivity contribution in [3.05, 3.63) is 29.8 Å². The highest BCUT2D eigenvalue weighted by atomic mass is 16.5. The van der Waals surface area contributed by atoms with Gasteiger partial charge in [0.1, 0.15) is 18.0 Å². The monoisotopic (exact) mass is 360 g/mol. The van der Waals surface area contributed by atoms with Crippen LogP contribution in [0.4, 0.5) is 0 Å². The molecule has 1 aromatic rings. The van der Waals surface area contributed by atoms with Crippen molar-refractivity contribution in [1.29, 1.82) is 0 Å². The van der Waals surface area contributed by atoms with Crippen LogP contribution in [0.5, 0.6) is 5.75 Å². The Morgan fingerprint density at radius 3 is 2.50 bits per heavy atom. The van der Waals surface area contributed by atoms with Crippen molar-refractivity contribution in [2.75, 3.05) is 32.8 Å². The molecule has 0 bridgehead atoms. The fourth-order valence-corrected chi connectivity index (χ4v) is 4.16. The molecule has 1 aromatic carbocycles. The summed E-state index contributed by atoms with van der Waals surface area (Å²) in [5, 5.41) is 11.3. The molecule has 1 amide bonds. The van der Waals surface area contributed by atoms with E-state index in [1.807, 2.05) is 31.2 Å². The van der Waals surface area contributed by atoms with E-state index in [1.54, 1.807) is 11.8 Å². The first-order chi connectivity index (χ1) is 12.5. The molecule has 0 spiro atoms. The zero-order valence-corrected chi connectivity index (χ0v) is 16.1. The van der Waals surface area contributed by atoms with Crippen LogP contribution in [0.25, 0.3) is 0 Å². The van der Waals surface area contributed by atoms with Gasteiger partial charge in [0.25, 0.3) is 0 Å². The first-order valence-corrected chi connectivity index (χ1v) is 9.87. The summed E-state index contributed by atoms with van der Waals surface area (Å²) in [5.74, 6) is 0.774. The molecule has 1 atom stereocenters. The number of benzene rings is 1. The minimum Gasteiger partial charge on any atom is -0.490 e. The van der Waals surface area contributed by atoms with E-state index >= 15 is 0 Å². The molecule has 0 radical (unpaired) electrons. The number of β-amino-alcohol motifs (C(OH)–C–C–N with tert-alkyl or cyclic N) is 1. The predicted octanol–water partition coefficient (Wildman–Crippen LogP) is 2.60. The highest BCUT2D eigenvalue weighted by Gasteiger charge is 2.39. The number of aliphatic hydroxyl groups is 1. The van der Waals surface area contributed by atoms with E-state index < -0.39 is 5.60 Å². The van der Waals surface area contributed by atoms with Crippen LogP contribution in [0, 0.1) is 6.92 Å². The smallest absolute Gasteiger partial charge is 0.219 e. The maximum absolute atomic E-state index is 12.0. The van der Waals surface area contributed by atoms with E-state index in [0.717, 1.165) is 12.3 Å². The normalized spacial score (nSPS) is 25.7. The molecular weight excluding hydrogens is 328 g/mol. The number of rotatable bonds is 4. The Balaban J connectivity index is 1.71. The molecule has 144 valence electrons. The number of aryl methyl sites for hydroxylation is 1. The second kappa shape index (κ2) is 8.40. The Hall–Kier alpha value is -1.59. The summed E-state index contributed by atoms with van der Waals surface area (Å²) in [5.41, 5.74) is 0.126. The lowest BCUT2D eigenvalue weighted by Crippen LogP contribution is -2.53. The largest absolute Gasteiger partial charge is 0.490 e. The number of ether oxygens (including phenoxy) is 1. The number of nitrogens with zero attached hydrogens (tertiary/aromatic N) is 2. The van der Waals surface area contributed by atoms with Gasteiger partial charge in [-0.15, -0.1) is 0 Å².